The lowest BCUT2D eigenvalue weighted by Gasteiger charge is -2.27. The molecule has 1 fully saturated rings. The van der Waals surface area contributed by atoms with E-state index < -0.39 is 0 Å². The monoisotopic (exact) mass is 265 g/mol. The third-order valence-corrected chi connectivity index (χ3v) is 3.67. The fourth-order valence-electron chi connectivity index (χ4n) is 2.06. The molecular formula is C15H20ClNO. The van der Waals surface area contributed by atoms with Crippen LogP contribution < -0.4 is 0 Å². The molecule has 1 saturated carbocycles. The Kier molecular flexibility index (Phi) is 4.28. The molecule has 2 nitrogen and oxygen atoms in total. The normalized spacial score (nSPS) is 14.9. The van der Waals surface area contributed by atoms with Crippen LogP contribution >= 0.6 is 11.6 Å². The summed E-state index contributed by atoms with van der Waals surface area (Å²) < 4.78 is 0. The van der Waals surface area contributed by atoms with E-state index in [1.165, 1.54) is 12.8 Å². The smallest absolute Gasteiger partial charge is 0.254 e. The Morgan fingerprint density at radius 3 is 2.72 bits per heavy atom. The Labute approximate surface area is 114 Å². The molecular weight excluding hydrogens is 246 g/mol. The van der Waals surface area contributed by atoms with Crippen molar-refractivity contribution < 1.29 is 4.79 Å². The maximum Gasteiger partial charge on any atom is 0.254 e. The lowest BCUT2D eigenvalue weighted by molar-refractivity contribution is 0.0696. The molecule has 3 heteroatoms. The molecule has 1 aromatic carbocycles. The van der Waals surface area contributed by atoms with E-state index in [1.54, 1.807) is 0 Å². The molecule has 1 amide bonds. The minimum atomic E-state index is 0.129. The van der Waals surface area contributed by atoms with E-state index in [9.17, 15) is 4.79 Å². The van der Waals surface area contributed by atoms with Crippen molar-refractivity contribution in [2.75, 3.05) is 6.54 Å². The highest BCUT2D eigenvalue weighted by atomic mass is 35.5. The highest BCUT2D eigenvalue weighted by molar-refractivity contribution is 6.17. The zero-order chi connectivity index (χ0) is 13.1. The third-order valence-electron chi connectivity index (χ3n) is 3.36. The number of amides is 1. The van der Waals surface area contributed by atoms with Crippen LogP contribution in [0, 0.1) is 5.92 Å². The number of benzene rings is 1. The maximum atomic E-state index is 12.5. The van der Waals surface area contributed by atoms with Crippen molar-refractivity contribution in [1.29, 1.82) is 0 Å². The van der Waals surface area contributed by atoms with Gasteiger partial charge in [-0.2, -0.15) is 0 Å². The zero-order valence-electron chi connectivity index (χ0n) is 11.0. The van der Waals surface area contributed by atoms with Gasteiger partial charge in [0.2, 0.25) is 0 Å². The second-order valence-corrected chi connectivity index (χ2v) is 5.60. The first-order chi connectivity index (χ1) is 8.61. The van der Waals surface area contributed by atoms with Crippen molar-refractivity contribution in [3.63, 3.8) is 0 Å². The van der Waals surface area contributed by atoms with Gasteiger partial charge in [0.25, 0.3) is 5.91 Å². The lowest BCUT2D eigenvalue weighted by Crippen LogP contribution is -2.38. The van der Waals surface area contributed by atoms with Crippen LogP contribution in [0.15, 0.2) is 24.3 Å². The first kappa shape index (κ1) is 13.4. The standard InChI is InChI=1S/C15H20ClNO/c1-11(2)17(10-12-6-7-12)15(18)14-5-3-4-13(8-14)9-16/h3-5,8,11-12H,6-7,9-10H2,1-2H3. The number of hydrogen-bond acceptors (Lipinski definition) is 1. The largest absolute Gasteiger partial charge is 0.336 e. The fourth-order valence-corrected chi connectivity index (χ4v) is 2.23. The van der Waals surface area contributed by atoms with Crippen molar-refractivity contribution in [1.82, 2.24) is 4.90 Å². The maximum absolute atomic E-state index is 12.5. The van der Waals surface area contributed by atoms with Gasteiger partial charge in [0, 0.05) is 24.0 Å². The van der Waals surface area contributed by atoms with Gasteiger partial charge in [-0.3, -0.25) is 4.79 Å². The van der Waals surface area contributed by atoms with E-state index in [4.69, 9.17) is 11.6 Å². The molecule has 2 rings (SSSR count). The molecule has 1 aliphatic rings. The molecule has 0 saturated heterocycles. The molecule has 0 unspecified atom stereocenters. The second-order valence-electron chi connectivity index (χ2n) is 5.33. The van der Waals surface area contributed by atoms with Crippen LogP contribution in [0.2, 0.25) is 0 Å². The highest BCUT2D eigenvalue weighted by Gasteiger charge is 2.28. The summed E-state index contributed by atoms with van der Waals surface area (Å²) in [5, 5.41) is 0. The van der Waals surface area contributed by atoms with E-state index in [0.717, 1.165) is 17.7 Å². The zero-order valence-corrected chi connectivity index (χ0v) is 11.8. The van der Waals surface area contributed by atoms with Crippen molar-refractivity contribution in [3.8, 4) is 0 Å². The Hall–Kier alpha value is -1.02. The van der Waals surface area contributed by atoms with Crippen LogP contribution in [0.5, 0.6) is 0 Å². The van der Waals surface area contributed by atoms with Gasteiger partial charge >= 0.3 is 0 Å². The third kappa shape index (κ3) is 3.26. The van der Waals surface area contributed by atoms with Gasteiger partial charge in [0.15, 0.2) is 0 Å². The number of rotatable bonds is 5. The Bertz CT molecular complexity index is 426. The summed E-state index contributed by atoms with van der Waals surface area (Å²) in [6.45, 7) is 5.04. The predicted molar refractivity (Wildman–Crippen MR) is 74.9 cm³/mol. The van der Waals surface area contributed by atoms with Crippen LogP contribution in [0.3, 0.4) is 0 Å². The summed E-state index contributed by atoms with van der Waals surface area (Å²) in [6.07, 6.45) is 2.52. The lowest BCUT2D eigenvalue weighted by atomic mass is 10.1. The number of alkyl halides is 1. The summed E-state index contributed by atoms with van der Waals surface area (Å²) in [5.41, 5.74) is 1.75. The SMILES string of the molecule is CC(C)N(CC1CC1)C(=O)c1cccc(CCl)c1. The van der Waals surface area contributed by atoms with Gasteiger partial charge in [0.05, 0.1) is 0 Å². The van der Waals surface area contributed by atoms with E-state index in [0.29, 0.717) is 11.8 Å². The van der Waals surface area contributed by atoms with E-state index in [-0.39, 0.29) is 11.9 Å². The van der Waals surface area contributed by atoms with Crippen LogP contribution in [0.1, 0.15) is 42.6 Å². The van der Waals surface area contributed by atoms with Crippen molar-refractivity contribution in [2.24, 2.45) is 5.92 Å². The minimum Gasteiger partial charge on any atom is -0.336 e. The molecule has 18 heavy (non-hydrogen) atoms. The molecule has 1 aromatic rings. The van der Waals surface area contributed by atoms with Crippen molar-refractivity contribution in [2.45, 2.75) is 38.6 Å². The molecule has 0 heterocycles. The molecule has 0 bridgehead atoms. The molecule has 1 aliphatic carbocycles. The van der Waals surface area contributed by atoms with Crippen LogP contribution in [0.4, 0.5) is 0 Å². The Morgan fingerprint density at radius 1 is 1.44 bits per heavy atom. The molecule has 0 aromatic heterocycles. The first-order valence-corrected chi connectivity index (χ1v) is 7.11. The van der Waals surface area contributed by atoms with Gasteiger partial charge < -0.3 is 4.90 Å². The Morgan fingerprint density at radius 2 is 2.17 bits per heavy atom. The topological polar surface area (TPSA) is 20.3 Å². The molecule has 0 N–H and O–H groups in total. The average Bonchev–Trinajstić information content (AvgIpc) is 3.19. The molecule has 98 valence electrons. The van der Waals surface area contributed by atoms with E-state index in [2.05, 4.69) is 13.8 Å². The van der Waals surface area contributed by atoms with Gasteiger partial charge in [0.1, 0.15) is 0 Å². The Balaban J connectivity index is 2.15. The molecule has 0 atom stereocenters. The first-order valence-electron chi connectivity index (χ1n) is 6.57. The van der Waals surface area contributed by atoms with Gasteiger partial charge in [-0.05, 0) is 50.3 Å². The fraction of sp³-hybridized carbons (Fsp3) is 0.533. The van der Waals surface area contributed by atoms with Gasteiger partial charge in [-0.25, -0.2) is 0 Å². The second kappa shape index (κ2) is 5.75. The quantitative estimate of drug-likeness (QED) is 0.744. The van der Waals surface area contributed by atoms with Gasteiger partial charge in [-0.15, -0.1) is 11.6 Å². The van der Waals surface area contributed by atoms with Crippen LogP contribution in [-0.4, -0.2) is 23.4 Å². The molecule has 0 radical (unpaired) electrons. The summed E-state index contributed by atoms with van der Waals surface area (Å²) in [7, 11) is 0. The number of halogens is 1. The number of carbonyl (C=O) groups is 1. The molecule has 0 spiro atoms. The minimum absolute atomic E-state index is 0.129. The highest BCUT2D eigenvalue weighted by Crippen LogP contribution is 2.30. The summed E-state index contributed by atoms with van der Waals surface area (Å²) in [5.74, 6) is 1.29. The summed E-state index contributed by atoms with van der Waals surface area (Å²) in [6, 6.07) is 7.88. The predicted octanol–water partition coefficient (Wildman–Crippen LogP) is 3.69. The van der Waals surface area contributed by atoms with E-state index >= 15 is 0 Å². The number of nitrogens with zero attached hydrogens (tertiary/aromatic N) is 1. The molecule has 0 aliphatic heterocycles. The number of carbonyl (C=O) groups excluding carboxylic acids is 1. The van der Waals surface area contributed by atoms with E-state index in [1.807, 2.05) is 29.2 Å². The summed E-state index contributed by atoms with van der Waals surface area (Å²) in [4.78, 5) is 14.5. The summed E-state index contributed by atoms with van der Waals surface area (Å²) >= 11 is 5.82. The van der Waals surface area contributed by atoms with Crippen LogP contribution in [0.25, 0.3) is 0 Å². The van der Waals surface area contributed by atoms with Gasteiger partial charge in [-0.1, -0.05) is 12.1 Å². The van der Waals surface area contributed by atoms with Crippen molar-refractivity contribution >= 4 is 17.5 Å². The number of hydrogen-bond donors (Lipinski definition) is 0. The van der Waals surface area contributed by atoms with Crippen LogP contribution in [-0.2, 0) is 5.88 Å². The average molecular weight is 266 g/mol. The van der Waals surface area contributed by atoms with Crippen molar-refractivity contribution in [3.05, 3.63) is 35.4 Å².